The van der Waals surface area contributed by atoms with Gasteiger partial charge in [-0.05, 0) is 43.3 Å². The fourth-order valence-electron chi connectivity index (χ4n) is 2.56. The number of aromatic nitrogens is 2. The van der Waals surface area contributed by atoms with Crippen LogP contribution in [0.25, 0.3) is 5.69 Å². The van der Waals surface area contributed by atoms with Crippen LogP contribution in [0.4, 0.5) is 5.69 Å². The van der Waals surface area contributed by atoms with E-state index in [9.17, 15) is 14.9 Å². The molecule has 2 N–H and O–H groups in total. The van der Waals surface area contributed by atoms with Crippen molar-refractivity contribution in [3.63, 3.8) is 0 Å². The molecule has 1 aromatic heterocycles. The van der Waals surface area contributed by atoms with E-state index in [1.54, 1.807) is 36.4 Å². The minimum atomic E-state index is -0.599. The minimum absolute atomic E-state index is 0.0320. The molecule has 3 aromatic rings. The maximum Gasteiger partial charge on any atom is 0.290 e. The van der Waals surface area contributed by atoms with Crippen molar-refractivity contribution in [3.8, 4) is 17.5 Å². The van der Waals surface area contributed by atoms with Crippen molar-refractivity contribution in [1.29, 1.82) is 5.26 Å². The van der Waals surface area contributed by atoms with Gasteiger partial charge >= 0.3 is 0 Å². The molecule has 0 saturated heterocycles. The van der Waals surface area contributed by atoms with E-state index in [0.717, 1.165) is 4.68 Å². The molecule has 0 saturated carbocycles. The van der Waals surface area contributed by atoms with Crippen molar-refractivity contribution in [2.24, 2.45) is 0 Å². The quantitative estimate of drug-likeness (QED) is 0.662. The number of rotatable bonds is 5. The first-order chi connectivity index (χ1) is 13.5. The van der Waals surface area contributed by atoms with Gasteiger partial charge in [-0.3, -0.25) is 20.4 Å². The Balaban J connectivity index is 1.99. The van der Waals surface area contributed by atoms with Gasteiger partial charge in [-0.15, -0.1) is 0 Å². The number of methoxy groups -OCH3 is 1. The van der Waals surface area contributed by atoms with E-state index in [2.05, 4.69) is 16.0 Å². The summed E-state index contributed by atoms with van der Waals surface area (Å²) in [5.74, 6) is 0.0366. The van der Waals surface area contributed by atoms with Crippen LogP contribution in [-0.4, -0.2) is 22.8 Å². The summed E-state index contributed by atoms with van der Waals surface area (Å²) in [6.45, 7) is 1.52. The second kappa shape index (κ2) is 8.05. The van der Waals surface area contributed by atoms with Gasteiger partial charge in [-0.25, -0.2) is 0 Å². The van der Waals surface area contributed by atoms with Crippen LogP contribution >= 0.6 is 0 Å². The zero-order valence-electron chi connectivity index (χ0n) is 15.3. The van der Waals surface area contributed by atoms with Crippen LogP contribution in [0.15, 0.2) is 59.4 Å². The first-order valence-corrected chi connectivity index (χ1v) is 8.35. The minimum Gasteiger partial charge on any atom is -0.497 e. The third-order valence-electron chi connectivity index (χ3n) is 4.07. The van der Waals surface area contributed by atoms with Crippen molar-refractivity contribution < 1.29 is 9.53 Å². The van der Waals surface area contributed by atoms with Crippen molar-refractivity contribution >= 4 is 11.6 Å². The molecular formula is C20H17N5O3. The van der Waals surface area contributed by atoms with Gasteiger partial charge in [0.1, 0.15) is 17.4 Å². The molecular weight excluding hydrogens is 358 g/mol. The summed E-state index contributed by atoms with van der Waals surface area (Å²) in [5, 5.41) is 13.6. The molecule has 0 aliphatic rings. The molecule has 0 aliphatic heterocycles. The monoisotopic (exact) mass is 375 g/mol. The molecule has 8 nitrogen and oxygen atoms in total. The first-order valence-electron chi connectivity index (χ1n) is 8.35. The summed E-state index contributed by atoms with van der Waals surface area (Å²) >= 11 is 0. The number of para-hydroxylation sites is 1. The molecule has 0 radical (unpaired) electrons. The standard InChI is InChI=1S/C20H17N5O3/c1-13-17(12-21)20(27)25(15-8-10-16(28-2)11-9-15)24-18(13)19(26)23-22-14-6-4-3-5-7-14/h3-11,22H,1-2H3,(H,23,26). The molecule has 0 spiro atoms. The van der Waals surface area contributed by atoms with Crippen molar-refractivity contribution in [3.05, 3.63) is 81.8 Å². The highest BCUT2D eigenvalue weighted by Gasteiger charge is 2.20. The second-order valence-corrected chi connectivity index (χ2v) is 5.82. The fourth-order valence-corrected chi connectivity index (χ4v) is 2.56. The normalized spacial score (nSPS) is 10.0. The van der Waals surface area contributed by atoms with E-state index >= 15 is 0 Å². The number of nitrogens with one attached hydrogen (secondary N) is 2. The molecule has 140 valence electrons. The summed E-state index contributed by atoms with van der Waals surface area (Å²) in [4.78, 5) is 25.3. The predicted molar refractivity (Wildman–Crippen MR) is 103 cm³/mol. The SMILES string of the molecule is COc1ccc(-n2nc(C(=O)NNc3ccccc3)c(C)c(C#N)c2=O)cc1. The van der Waals surface area contributed by atoms with Crippen LogP contribution in [0.3, 0.4) is 0 Å². The summed E-state index contributed by atoms with van der Waals surface area (Å²) in [5.41, 5.74) is 5.82. The molecule has 0 fully saturated rings. The van der Waals surface area contributed by atoms with Gasteiger partial charge in [0.05, 0.1) is 18.5 Å². The van der Waals surface area contributed by atoms with Gasteiger partial charge in [0.25, 0.3) is 11.5 Å². The topological polar surface area (TPSA) is 109 Å². The fraction of sp³-hybridized carbons (Fsp3) is 0.100. The number of hydrazine groups is 1. The lowest BCUT2D eigenvalue weighted by Crippen LogP contribution is -2.35. The van der Waals surface area contributed by atoms with Crippen LogP contribution in [0.5, 0.6) is 5.75 Å². The number of nitriles is 1. The van der Waals surface area contributed by atoms with Crippen LogP contribution in [0.1, 0.15) is 21.6 Å². The number of nitrogens with zero attached hydrogens (tertiary/aromatic N) is 3. The van der Waals surface area contributed by atoms with E-state index in [1.807, 2.05) is 24.3 Å². The van der Waals surface area contributed by atoms with Gasteiger partial charge in [-0.1, -0.05) is 18.2 Å². The molecule has 1 amide bonds. The van der Waals surface area contributed by atoms with E-state index in [1.165, 1.54) is 14.0 Å². The summed E-state index contributed by atoms with van der Waals surface area (Å²) < 4.78 is 6.13. The predicted octanol–water partition coefficient (Wildman–Crippen LogP) is 2.18. The van der Waals surface area contributed by atoms with Gasteiger partial charge < -0.3 is 4.74 Å². The lowest BCUT2D eigenvalue weighted by atomic mass is 10.1. The van der Waals surface area contributed by atoms with E-state index < -0.39 is 11.5 Å². The van der Waals surface area contributed by atoms with Gasteiger partial charge in [0, 0.05) is 5.56 Å². The van der Waals surface area contributed by atoms with Crippen LogP contribution in [-0.2, 0) is 0 Å². The van der Waals surface area contributed by atoms with Crippen LogP contribution < -0.4 is 21.1 Å². The average molecular weight is 375 g/mol. The molecule has 3 rings (SSSR count). The number of benzene rings is 2. The number of carbonyl (C=O) groups excluding carboxylic acids is 1. The van der Waals surface area contributed by atoms with Crippen LogP contribution in [0, 0.1) is 18.3 Å². The lowest BCUT2D eigenvalue weighted by Gasteiger charge is -2.13. The third kappa shape index (κ3) is 3.68. The van der Waals surface area contributed by atoms with Crippen LogP contribution in [0.2, 0.25) is 0 Å². The third-order valence-corrected chi connectivity index (χ3v) is 4.07. The van der Waals surface area contributed by atoms with Crippen molar-refractivity contribution in [2.45, 2.75) is 6.92 Å². The number of anilines is 1. The smallest absolute Gasteiger partial charge is 0.290 e. The van der Waals surface area contributed by atoms with E-state index in [0.29, 0.717) is 17.1 Å². The van der Waals surface area contributed by atoms with E-state index in [-0.39, 0.29) is 16.8 Å². The summed E-state index contributed by atoms with van der Waals surface area (Å²) in [6, 6.07) is 17.5. The Labute approximate surface area is 161 Å². The van der Waals surface area contributed by atoms with Gasteiger partial charge in [-0.2, -0.15) is 15.0 Å². The molecule has 1 heterocycles. The molecule has 0 unspecified atom stereocenters. The molecule has 0 bridgehead atoms. The molecule has 28 heavy (non-hydrogen) atoms. The largest absolute Gasteiger partial charge is 0.497 e. The number of carbonyl (C=O) groups is 1. The number of hydrogen-bond donors (Lipinski definition) is 2. The van der Waals surface area contributed by atoms with Crippen molar-refractivity contribution in [1.82, 2.24) is 15.2 Å². The highest BCUT2D eigenvalue weighted by Crippen LogP contribution is 2.15. The first kappa shape index (κ1) is 18.7. The molecule has 8 heteroatoms. The van der Waals surface area contributed by atoms with E-state index in [4.69, 9.17) is 4.74 Å². The number of hydrogen-bond acceptors (Lipinski definition) is 6. The Hall–Kier alpha value is -4.12. The summed E-state index contributed by atoms with van der Waals surface area (Å²) in [7, 11) is 1.53. The maximum atomic E-state index is 12.6. The average Bonchev–Trinajstić information content (AvgIpc) is 2.73. The summed E-state index contributed by atoms with van der Waals surface area (Å²) in [6.07, 6.45) is 0. The Kier molecular flexibility index (Phi) is 5.37. The highest BCUT2D eigenvalue weighted by atomic mass is 16.5. The highest BCUT2D eigenvalue weighted by molar-refractivity contribution is 5.94. The van der Waals surface area contributed by atoms with Gasteiger partial charge in [0.15, 0.2) is 5.69 Å². The Bertz CT molecular complexity index is 1100. The zero-order chi connectivity index (χ0) is 20.1. The second-order valence-electron chi connectivity index (χ2n) is 5.82. The maximum absolute atomic E-state index is 12.6. The zero-order valence-corrected chi connectivity index (χ0v) is 15.3. The molecule has 0 aliphatic carbocycles. The number of amides is 1. The number of ether oxygens (including phenoxy) is 1. The van der Waals surface area contributed by atoms with Gasteiger partial charge in [0.2, 0.25) is 0 Å². The Morgan fingerprint density at radius 1 is 1.14 bits per heavy atom. The molecule has 0 atom stereocenters. The Morgan fingerprint density at radius 2 is 1.82 bits per heavy atom. The molecule has 2 aromatic carbocycles. The van der Waals surface area contributed by atoms with Crippen molar-refractivity contribution in [2.75, 3.05) is 12.5 Å². The Morgan fingerprint density at radius 3 is 2.43 bits per heavy atom. The lowest BCUT2D eigenvalue weighted by molar-refractivity contribution is 0.0955.